The highest BCUT2D eigenvalue weighted by molar-refractivity contribution is 6.83. The molecule has 0 aromatic rings. The van der Waals surface area contributed by atoms with Crippen molar-refractivity contribution in [1.82, 2.24) is 4.90 Å². The molecule has 3 fully saturated rings. The smallest absolute Gasteiger partial charge is 0.315 e. The van der Waals surface area contributed by atoms with E-state index in [0.717, 1.165) is 25.9 Å². The molecule has 0 amide bonds. The molecule has 0 bridgehead atoms. The first-order valence-electron chi connectivity index (χ1n) is 7.37. The van der Waals surface area contributed by atoms with Gasteiger partial charge in [-0.15, -0.1) is 11.5 Å². The molecule has 0 aliphatic carbocycles. The minimum atomic E-state index is -1.38. The number of nitrogens with zero attached hydrogens (tertiary/aromatic N) is 1. The van der Waals surface area contributed by atoms with E-state index in [1.807, 2.05) is 0 Å². The van der Waals surface area contributed by atoms with Gasteiger partial charge in [-0.3, -0.25) is 9.69 Å². The Hall–Kier alpha value is -0.793. The SMILES string of the molecule is C[Si](C)(C)C#C[C@H]1CN2CCC[C@@H]2[C@@]12CCOC2=O. The molecule has 3 nitrogen and oxygen atoms in total. The molecule has 3 atom stereocenters. The van der Waals surface area contributed by atoms with Crippen molar-refractivity contribution in [1.29, 1.82) is 0 Å². The van der Waals surface area contributed by atoms with Crippen molar-refractivity contribution in [2.24, 2.45) is 11.3 Å². The summed E-state index contributed by atoms with van der Waals surface area (Å²) in [5.41, 5.74) is 3.18. The van der Waals surface area contributed by atoms with Crippen LogP contribution in [0.2, 0.25) is 19.6 Å². The third kappa shape index (κ3) is 2.04. The van der Waals surface area contributed by atoms with E-state index in [9.17, 15) is 4.79 Å². The Morgan fingerprint density at radius 2 is 2.21 bits per heavy atom. The van der Waals surface area contributed by atoms with Crippen LogP contribution in [0.3, 0.4) is 0 Å². The van der Waals surface area contributed by atoms with Crippen LogP contribution < -0.4 is 0 Å². The number of fused-ring (bicyclic) bond motifs is 2. The van der Waals surface area contributed by atoms with E-state index in [-0.39, 0.29) is 17.3 Å². The van der Waals surface area contributed by atoms with Crippen molar-refractivity contribution >= 4 is 14.0 Å². The number of rotatable bonds is 0. The highest BCUT2D eigenvalue weighted by Gasteiger charge is 2.62. The first-order valence-corrected chi connectivity index (χ1v) is 10.9. The van der Waals surface area contributed by atoms with Crippen LogP contribution in [0, 0.1) is 22.8 Å². The van der Waals surface area contributed by atoms with Gasteiger partial charge in [0.25, 0.3) is 0 Å². The summed E-state index contributed by atoms with van der Waals surface area (Å²) in [6.07, 6.45) is 3.23. The topological polar surface area (TPSA) is 29.5 Å². The Morgan fingerprint density at radius 1 is 1.42 bits per heavy atom. The molecule has 104 valence electrons. The molecule has 0 aromatic heterocycles. The first kappa shape index (κ1) is 13.2. The minimum Gasteiger partial charge on any atom is -0.465 e. The van der Waals surface area contributed by atoms with Gasteiger partial charge in [-0.1, -0.05) is 19.6 Å². The fourth-order valence-electron chi connectivity index (χ4n) is 3.90. The van der Waals surface area contributed by atoms with Crippen molar-refractivity contribution < 1.29 is 9.53 Å². The Morgan fingerprint density at radius 3 is 2.84 bits per heavy atom. The largest absolute Gasteiger partial charge is 0.465 e. The summed E-state index contributed by atoms with van der Waals surface area (Å²) in [6.45, 7) is 9.47. The van der Waals surface area contributed by atoms with Crippen LogP contribution in [0.5, 0.6) is 0 Å². The van der Waals surface area contributed by atoms with Crippen LogP contribution in [-0.2, 0) is 9.53 Å². The molecule has 4 heteroatoms. The second-order valence-electron chi connectivity index (χ2n) is 7.15. The molecule has 3 saturated heterocycles. The zero-order valence-electron chi connectivity index (χ0n) is 12.2. The van der Waals surface area contributed by atoms with Gasteiger partial charge in [0, 0.05) is 19.0 Å². The van der Waals surface area contributed by atoms with Crippen LogP contribution in [0.1, 0.15) is 19.3 Å². The number of cyclic esters (lactones) is 1. The number of hydrogen-bond acceptors (Lipinski definition) is 3. The molecule has 1 spiro atoms. The number of ether oxygens (including phenoxy) is 1. The van der Waals surface area contributed by atoms with Gasteiger partial charge in [0.1, 0.15) is 13.5 Å². The van der Waals surface area contributed by atoms with E-state index < -0.39 is 8.07 Å². The van der Waals surface area contributed by atoms with E-state index in [1.165, 1.54) is 6.42 Å². The van der Waals surface area contributed by atoms with Gasteiger partial charge in [0.15, 0.2) is 0 Å². The van der Waals surface area contributed by atoms with Gasteiger partial charge in [-0.25, -0.2) is 0 Å². The van der Waals surface area contributed by atoms with Crippen LogP contribution in [0.15, 0.2) is 0 Å². The summed E-state index contributed by atoms with van der Waals surface area (Å²) >= 11 is 0. The lowest BCUT2D eigenvalue weighted by Crippen LogP contribution is -2.41. The molecule has 0 aromatic carbocycles. The van der Waals surface area contributed by atoms with Gasteiger partial charge in [-0.05, 0) is 19.4 Å². The first-order chi connectivity index (χ1) is 8.93. The van der Waals surface area contributed by atoms with Gasteiger partial charge in [0.2, 0.25) is 0 Å². The highest BCUT2D eigenvalue weighted by Crippen LogP contribution is 2.51. The Bertz CT molecular complexity index is 459. The maximum atomic E-state index is 12.4. The third-order valence-corrected chi connectivity index (χ3v) is 5.64. The average molecular weight is 277 g/mol. The van der Waals surface area contributed by atoms with E-state index in [2.05, 4.69) is 36.0 Å². The number of carbonyl (C=O) groups is 1. The van der Waals surface area contributed by atoms with E-state index in [4.69, 9.17) is 4.74 Å². The number of esters is 1. The Labute approximate surface area is 116 Å². The molecular formula is C15H23NO2Si. The fraction of sp³-hybridized carbons (Fsp3) is 0.800. The molecule has 3 heterocycles. The number of hydrogen-bond donors (Lipinski definition) is 0. The minimum absolute atomic E-state index is 0.0248. The van der Waals surface area contributed by atoms with Crippen molar-refractivity contribution in [3.05, 3.63) is 0 Å². The quantitative estimate of drug-likeness (QED) is 0.385. The Kier molecular flexibility index (Phi) is 3.03. The predicted molar refractivity (Wildman–Crippen MR) is 77.2 cm³/mol. The molecule has 3 aliphatic heterocycles. The lowest BCUT2D eigenvalue weighted by molar-refractivity contribution is -0.148. The van der Waals surface area contributed by atoms with Gasteiger partial charge in [0.05, 0.1) is 12.5 Å². The van der Waals surface area contributed by atoms with Gasteiger partial charge in [-0.2, -0.15) is 0 Å². The maximum Gasteiger partial charge on any atom is 0.315 e. The second-order valence-corrected chi connectivity index (χ2v) is 11.9. The van der Waals surface area contributed by atoms with Crippen molar-refractivity contribution in [2.75, 3.05) is 19.7 Å². The summed E-state index contributed by atoms with van der Waals surface area (Å²) in [6, 6.07) is 0.392. The molecule has 3 rings (SSSR count). The molecule has 3 aliphatic rings. The van der Waals surface area contributed by atoms with Gasteiger partial charge >= 0.3 is 5.97 Å². The summed E-state index contributed by atoms with van der Waals surface area (Å²) in [5.74, 6) is 3.70. The molecular weight excluding hydrogens is 254 g/mol. The highest BCUT2D eigenvalue weighted by atomic mass is 28.3. The average Bonchev–Trinajstić information content (AvgIpc) is 2.95. The van der Waals surface area contributed by atoms with E-state index in [1.54, 1.807) is 0 Å². The molecule has 0 radical (unpaired) electrons. The van der Waals surface area contributed by atoms with Crippen molar-refractivity contribution in [3.8, 4) is 11.5 Å². The lowest BCUT2D eigenvalue weighted by atomic mass is 9.71. The van der Waals surface area contributed by atoms with E-state index >= 15 is 0 Å². The van der Waals surface area contributed by atoms with Crippen LogP contribution >= 0.6 is 0 Å². The molecule has 0 unspecified atom stereocenters. The monoisotopic (exact) mass is 277 g/mol. The maximum absolute atomic E-state index is 12.4. The van der Waals surface area contributed by atoms with E-state index in [0.29, 0.717) is 12.6 Å². The van der Waals surface area contributed by atoms with Crippen LogP contribution in [0.4, 0.5) is 0 Å². The van der Waals surface area contributed by atoms with Crippen molar-refractivity contribution in [3.63, 3.8) is 0 Å². The third-order valence-electron chi connectivity index (χ3n) is 4.75. The standard InChI is InChI=1S/C15H23NO2Si/c1-19(2,3)10-6-12-11-16-8-4-5-13(16)15(12)7-9-18-14(15)17/h12-13H,4-5,7-9,11H2,1-3H3/t12-,13+,15+/m0/s1. The van der Waals surface area contributed by atoms with Gasteiger partial charge < -0.3 is 4.74 Å². The summed E-state index contributed by atoms with van der Waals surface area (Å²) in [5, 5.41) is 0. The zero-order valence-corrected chi connectivity index (χ0v) is 13.2. The summed E-state index contributed by atoms with van der Waals surface area (Å²) in [4.78, 5) is 14.9. The van der Waals surface area contributed by atoms with Crippen LogP contribution in [0.25, 0.3) is 0 Å². The lowest BCUT2D eigenvalue weighted by Gasteiger charge is -2.29. The van der Waals surface area contributed by atoms with Crippen LogP contribution in [-0.4, -0.2) is 44.7 Å². The zero-order chi connectivity index (χ0) is 13.7. The summed E-state index contributed by atoms with van der Waals surface area (Å²) in [7, 11) is -1.38. The molecule has 19 heavy (non-hydrogen) atoms. The number of carbonyl (C=O) groups excluding carboxylic acids is 1. The predicted octanol–water partition coefficient (Wildman–Crippen LogP) is 1.89. The fourth-order valence-corrected chi connectivity index (χ4v) is 4.51. The molecule has 0 saturated carbocycles. The molecule has 0 N–H and O–H groups in total. The van der Waals surface area contributed by atoms with Crippen molar-refractivity contribution in [2.45, 2.75) is 44.9 Å². The second kappa shape index (κ2) is 4.36. The Balaban J connectivity index is 1.95. The normalized spacial score (nSPS) is 38.2. The summed E-state index contributed by atoms with van der Waals surface area (Å²) < 4.78 is 5.34.